The van der Waals surface area contributed by atoms with Crippen LogP contribution in [0.15, 0.2) is 12.5 Å². The van der Waals surface area contributed by atoms with Crippen LogP contribution in [0.5, 0.6) is 0 Å². The summed E-state index contributed by atoms with van der Waals surface area (Å²) in [6.07, 6.45) is 4.76. The Morgan fingerprint density at radius 1 is 1.46 bits per heavy atom. The lowest BCUT2D eigenvalue weighted by molar-refractivity contribution is -0.0484. The first-order valence-corrected chi connectivity index (χ1v) is 8.20. The number of aliphatic hydroxyl groups excluding tert-OH is 2. The van der Waals surface area contributed by atoms with Crippen LogP contribution in [0.3, 0.4) is 0 Å². The fraction of sp³-hybridized carbons (Fsp3) is 0.529. The number of unbranched alkanes of at least 4 members (excludes halogenated alkanes) is 2. The van der Waals surface area contributed by atoms with Crippen molar-refractivity contribution in [1.29, 1.82) is 0 Å². The molecule has 24 heavy (non-hydrogen) atoms. The number of ether oxygens (including phenoxy) is 1. The van der Waals surface area contributed by atoms with Gasteiger partial charge in [-0.25, -0.2) is 9.97 Å². The fourth-order valence-electron chi connectivity index (χ4n) is 2.92. The van der Waals surface area contributed by atoms with Crippen LogP contribution in [0.2, 0.25) is 0 Å². The van der Waals surface area contributed by atoms with E-state index in [-0.39, 0.29) is 12.7 Å². The molecule has 7 heteroatoms. The van der Waals surface area contributed by atoms with Gasteiger partial charge in [0, 0.05) is 19.0 Å². The second kappa shape index (κ2) is 7.18. The van der Waals surface area contributed by atoms with Gasteiger partial charge in [0.2, 0.25) is 0 Å². The molecule has 1 fully saturated rings. The minimum absolute atomic E-state index is 0.131. The second-order valence-electron chi connectivity index (χ2n) is 5.95. The van der Waals surface area contributed by atoms with Crippen molar-refractivity contribution in [3.8, 4) is 11.8 Å². The van der Waals surface area contributed by atoms with Gasteiger partial charge in [-0.1, -0.05) is 25.2 Å². The van der Waals surface area contributed by atoms with E-state index in [2.05, 4.69) is 28.7 Å². The van der Waals surface area contributed by atoms with Gasteiger partial charge in [0.15, 0.2) is 6.23 Å². The molecule has 1 aliphatic rings. The van der Waals surface area contributed by atoms with Crippen LogP contribution in [-0.4, -0.2) is 43.6 Å². The molecular formula is C17H22N4O3. The Morgan fingerprint density at radius 3 is 3.00 bits per heavy atom. The number of rotatable bonds is 4. The molecule has 7 nitrogen and oxygen atoms in total. The van der Waals surface area contributed by atoms with Crippen LogP contribution in [0.1, 0.15) is 44.4 Å². The molecule has 0 unspecified atom stereocenters. The van der Waals surface area contributed by atoms with Gasteiger partial charge in [-0.05, 0) is 6.42 Å². The summed E-state index contributed by atoms with van der Waals surface area (Å²) in [5.41, 5.74) is 7.31. The van der Waals surface area contributed by atoms with Gasteiger partial charge in [-0.2, -0.15) is 0 Å². The van der Waals surface area contributed by atoms with Gasteiger partial charge in [-0.15, -0.1) is 0 Å². The summed E-state index contributed by atoms with van der Waals surface area (Å²) >= 11 is 0. The molecule has 2 aromatic rings. The van der Waals surface area contributed by atoms with Crippen molar-refractivity contribution in [2.45, 2.75) is 51.0 Å². The predicted molar refractivity (Wildman–Crippen MR) is 90.0 cm³/mol. The van der Waals surface area contributed by atoms with Gasteiger partial charge in [0.25, 0.3) is 0 Å². The van der Waals surface area contributed by atoms with Crippen molar-refractivity contribution >= 4 is 16.9 Å². The average Bonchev–Trinajstić information content (AvgIpc) is 3.13. The molecule has 1 saturated heterocycles. The molecule has 2 aromatic heterocycles. The maximum Gasteiger partial charge on any atom is 0.161 e. The van der Waals surface area contributed by atoms with Crippen molar-refractivity contribution < 1.29 is 14.9 Å². The van der Waals surface area contributed by atoms with E-state index in [1.165, 1.54) is 6.33 Å². The lowest BCUT2D eigenvalue weighted by atomic mass is 10.2. The highest BCUT2D eigenvalue weighted by molar-refractivity contribution is 5.92. The maximum atomic E-state index is 10.3. The van der Waals surface area contributed by atoms with E-state index < -0.39 is 12.3 Å². The summed E-state index contributed by atoms with van der Waals surface area (Å²) in [5, 5.41) is 20.2. The Bertz CT molecular complexity index is 777. The molecule has 1 aliphatic heterocycles. The third-order valence-electron chi connectivity index (χ3n) is 4.16. The Hall–Kier alpha value is -2.14. The third kappa shape index (κ3) is 3.08. The Kier molecular flexibility index (Phi) is 5.00. The summed E-state index contributed by atoms with van der Waals surface area (Å²) in [4.78, 5) is 8.33. The van der Waals surface area contributed by atoms with Crippen molar-refractivity contribution in [2.75, 3.05) is 12.3 Å². The summed E-state index contributed by atoms with van der Waals surface area (Å²) in [6.45, 7) is 1.99. The summed E-state index contributed by atoms with van der Waals surface area (Å²) < 4.78 is 7.46. The quantitative estimate of drug-likeness (QED) is 0.574. The first-order chi connectivity index (χ1) is 11.7. The van der Waals surface area contributed by atoms with Crippen LogP contribution in [0.4, 0.5) is 5.82 Å². The topological polar surface area (TPSA) is 106 Å². The van der Waals surface area contributed by atoms with Crippen molar-refractivity contribution in [3.05, 3.63) is 18.1 Å². The number of nitrogens with zero attached hydrogens (tertiary/aromatic N) is 3. The zero-order chi connectivity index (χ0) is 17.1. The molecule has 0 aromatic carbocycles. The number of aliphatic hydroxyl groups is 2. The fourth-order valence-corrected chi connectivity index (χ4v) is 2.92. The van der Waals surface area contributed by atoms with Crippen LogP contribution in [0, 0.1) is 11.8 Å². The number of fused-ring (bicyclic) bond motifs is 1. The molecule has 0 amide bonds. The highest BCUT2D eigenvalue weighted by Crippen LogP contribution is 2.33. The first kappa shape index (κ1) is 16.7. The minimum atomic E-state index is -0.727. The first-order valence-electron chi connectivity index (χ1n) is 8.20. The number of aromatic nitrogens is 3. The molecule has 0 radical (unpaired) electrons. The standard InChI is InChI=1S/C17H22N4O3/c1-2-3-4-5-6-11-8-21(16-14(11)15(18)19-10-20-16)17-13(23)7-12(9-22)24-17/h8,10,12-13,17,22-23H,2-4,7,9H2,1H3,(H2,18,19,20)/t12-,13+,17+/m0/s1. The molecule has 3 rings (SSSR count). The third-order valence-corrected chi connectivity index (χ3v) is 4.16. The molecular weight excluding hydrogens is 308 g/mol. The largest absolute Gasteiger partial charge is 0.394 e. The minimum Gasteiger partial charge on any atom is -0.394 e. The number of hydrogen-bond donors (Lipinski definition) is 3. The SMILES string of the molecule is CCCCC#Cc1cn([C@@H]2O[C@H](CO)C[C@H]2O)c2ncnc(N)c12. The molecule has 0 saturated carbocycles. The normalized spacial score (nSPS) is 23.4. The lowest BCUT2D eigenvalue weighted by Crippen LogP contribution is -2.19. The molecule has 3 heterocycles. The van der Waals surface area contributed by atoms with E-state index in [4.69, 9.17) is 10.5 Å². The Labute approximate surface area is 140 Å². The van der Waals surface area contributed by atoms with E-state index in [1.807, 2.05) is 0 Å². The maximum absolute atomic E-state index is 10.3. The highest BCUT2D eigenvalue weighted by Gasteiger charge is 2.36. The van der Waals surface area contributed by atoms with Crippen molar-refractivity contribution in [1.82, 2.24) is 14.5 Å². The van der Waals surface area contributed by atoms with Crippen molar-refractivity contribution in [3.63, 3.8) is 0 Å². The van der Waals surface area contributed by atoms with Crippen molar-refractivity contribution in [2.24, 2.45) is 0 Å². The van der Waals surface area contributed by atoms with Crippen LogP contribution < -0.4 is 5.73 Å². The molecule has 128 valence electrons. The van der Waals surface area contributed by atoms with E-state index in [1.54, 1.807) is 10.8 Å². The van der Waals surface area contributed by atoms with Gasteiger partial charge in [0.05, 0.1) is 23.7 Å². The average molecular weight is 330 g/mol. The van der Waals surface area contributed by atoms with E-state index in [0.717, 1.165) is 24.8 Å². The zero-order valence-electron chi connectivity index (χ0n) is 13.6. The predicted octanol–water partition coefficient (Wildman–Crippen LogP) is 1.20. The summed E-state index contributed by atoms with van der Waals surface area (Å²) in [5.74, 6) is 6.62. The number of hydrogen-bond acceptors (Lipinski definition) is 6. The monoisotopic (exact) mass is 330 g/mol. The Morgan fingerprint density at radius 2 is 2.29 bits per heavy atom. The number of nitrogen functional groups attached to an aromatic ring is 1. The van der Waals surface area contributed by atoms with Gasteiger partial charge in [-0.3, -0.25) is 0 Å². The van der Waals surface area contributed by atoms with Crippen LogP contribution >= 0.6 is 0 Å². The zero-order valence-corrected chi connectivity index (χ0v) is 13.6. The molecule has 0 spiro atoms. The van der Waals surface area contributed by atoms with Gasteiger partial charge in [0.1, 0.15) is 23.9 Å². The van der Waals surface area contributed by atoms with Gasteiger partial charge >= 0.3 is 0 Å². The molecule has 0 bridgehead atoms. The highest BCUT2D eigenvalue weighted by atomic mass is 16.5. The van der Waals surface area contributed by atoms with Crippen LogP contribution in [0.25, 0.3) is 11.0 Å². The molecule has 3 atom stereocenters. The van der Waals surface area contributed by atoms with Gasteiger partial charge < -0.3 is 25.3 Å². The second-order valence-corrected chi connectivity index (χ2v) is 5.95. The smallest absolute Gasteiger partial charge is 0.161 e. The van der Waals surface area contributed by atoms with E-state index in [0.29, 0.717) is 23.3 Å². The van der Waals surface area contributed by atoms with Crippen LogP contribution in [-0.2, 0) is 4.74 Å². The lowest BCUT2D eigenvalue weighted by Gasteiger charge is -2.17. The molecule has 4 N–H and O–H groups in total. The number of nitrogens with two attached hydrogens (primary N) is 1. The summed E-state index contributed by atoms with van der Waals surface area (Å²) in [6, 6.07) is 0. The number of anilines is 1. The Balaban J connectivity index is 2.02. The summed E-state index contributed by atoms with van der Waals surface area (Å²) in [7, 11) is 0. The van der Waals surface area contributed by atoms with E-state index >= 15 is 0 Å². The van der Waals surface area contributed by atoms with E-state index in [9.17, 15) is 10.2 Å². The molecule has 0 aliphatic carbocycles.